The lowest BCUT2D eigenvalue weighted by atomic mass is 9.98. The molecule has 0 N–H and O–H groups in total. The normalized spacial score (nSPS) is 22.9. The molecule has 1 atom stereocenters. The van der Waals surface area contributed by atoms with Gasteiger partial charge in [0, 0.05) is 42.6 Å². The van der Waals surface area contributed by atoms with Crippen LogP contribution < -0.4 is 19.3 Å². The Hall–Kier alpha value is -3.19. The highest BCUT2D eigenvalue weighted by Crippen LogP contribution is 2.39. The van der Waals surface area contributed by atoms with Crippen LogP contribution in [0.15, 0.2) is 48.7 Å². The lowest BCUT2D eigenvalue weighted by molar-refractivity contribution is 0.127. The summed E-state index contributed by atoms with van der Waals surface area (Å²) in [5, 5.41) is 0. The van der Waals surface area contributed by atoms with E-state index in [-0.39, 0.29) is 25.1 Å². The summed E-state index contributed by atoms with van der Waals surface area (Å²) in [6.45, 7) is 4.56. The molecule has 0 saturated carbocycles. The Morgan fingerprint density at radius 1 is 1.00 bits per heavy atom. The Kier molecular flexibility index (Phi) is 4.31. The van der Waals surface area contributed by atoms with Crippen LogP contribution in [-0.2, 0) is 11.3 Å². The molecular formula is C24H25N3O4. The molecule has 7 heteroatoms. The lowest BCUT2D eigenvalue weighted by Gasteiger charge is -2.47. The van der Waals surface area contributed by atoms with Gasteiger partial charge in [-0.3, -0.25) is 9.80 Å². The molecule has 4 aliphatic rings. The summed E-state index contributed by atoms with van der Waals surface area (Å²) in [7, 11) is 0. The van der Waals surface area contributed by atoms with E-state index >= 15 is 0 Å². The number of anilines is 2. The molecule has 4 heterocycles. The van der Waals surface area contributed by atoms with E-state index in [2.05, 4.69) is 47.2 Å². The third-order valence-corrected chi connectivity index (χ3v) is 6.71. The topological polar surface area (TPSA) is 54.5 Å². The lowest BCUT2D eigenvalue weighted by Crippen LogP contribution is -2.56. The monoisotopic (exact) mass is 419 g/mol. The summed E-state index contributed by atoms with van der Waals surface area (Å²) in [6.07, 6.45) is 6.18. The Labute approximate surface area is 181 Å². The first-order valence-corrected chi connectivity index (χ1v) is 10.8. The number of aryl methyl sites for hydroxylation is 1. The van der Waals surface area contributed by atoms with Crippen molar-refractivity contribution >= 4 is 17.5 Å². The van der Waals surface area contributed by atoms with Gasteiger partial charge in [0.2, 0.25) is 6.79 Å². The van der Waals surface area contributed by atoms with Crippen molar-refractivity contribution in [2.45, 2.75) is 38.6 Å². The minimum absolute atomic E-state index is 0.159. The van der Waals surface area contributed by atoms with Gasteiger partial charge in [0.15, 0.2) is 11.5 Å². The second kappa shape index (κ2) is 7.20. The minimum atomic E-state index is -0.217. The number of carbonyl (C=O) groups excluding carboxylic acids is 1. The molecule has 0 aromatic heterocycles. The van der Waals surface area contributed by atoms with Crippen molar-refractivity contribution in [3.05, 3.63) is 59.8 Å². The Balaban J connectivity index is 1.16. The number of ether oxygens (including phenoxy) is 3. The fraction of sp³-hybridized carbons (Fsp3) is 0.375. The van der Waals surface area contributed by atoms with E-state index in [1.54, 1.807) is 0 Å². The van der Waals surface area contributed by atoms with E-state index in [4.69, 9.17) is 14.2 Å². The number of carbonyl (C=O) groups is 1. The molecular weight excluding hydrogens is 394 g/mol. The van der Waals surface area contributed by atoms with E-state index in [1.807, 2.05) is 23.1 Å². The van der Waals surface area contributed by atoms with Gasteiger partial charge in [0.05, 0.1) is 5.69 Å². The number of benzene rings is 2. The van der Waals surface area contributed by atoms with Gasteiger partial charge in [-0.1, -0.05) is 18.2 Å². The highest BCUT2D eigenvalue weighted by atomic mass is 16.7. The number of amides is 1. The van der Waals surface area contributed by atoms with Crippen molar-refractivity contribution < 1.29 is 19.0 Å². The summed E-state index contributed by atoms with van der Waals surface area (Å²) in [4.78, 5) is 19.3. The van der Waals surface area contributed by atoms with Crippen LogP contribution in [-0.4, -0.2) is 43.1 Å². The Morgan fingerprint density at radius 3 is 2.65 bits per heavy atom. The van der Waals surface area contributed by atoms with Gasteiger partial charge in [-0.05, 0) is 43.5 Å². The number of piperidine rings is 1. The second-order valence-electron chi connectivity index (χ2n) is 8.47. The van der Waals surface area contributed by atoms with E-state index in [0.717, 1.165) is 59.9 Å². The fourth-order valence-electron chi connectivity index (χ4n) is 5.05. The third kappa shape index (κ3) is 3.03. The first-order chi connectivity index (χ1) is 15.2. The highest BCUT2D eigenvalue weighted by Gasteiger charge is 2.38. The van der Waals surface area contributed by atoms with E-state index in [1.165, 1.54) is 0 Å². The van der Waals surface area contributed by atoms with Crippen LogP contribution >= 0.6 is 0 Å². The number of hydrogen-bond acceptors (Lipinski definition) is 6. The summed E-state index contributed by atoms with van der Waals surface area (Å²) in [6, 6.07) is 12.4. The van der Waals surface area contributed by atoms with Gasteiger partial charge < -0.3 is 19.1 Å². The molecule has 6 rings (SSSR count). The summed E-state index contributed by atoms with van der Waals surface area (Å²) in [5.74, 6) is 1.60. The molecule has 1 unspecified atom stereocenters. The molecule has 160 valence electrons. The summed E-state index contributed by atoms with van der Waals surface area (Å²) < 4.78 is 16.4. The van der Waals surface area contributed by atoms with Gasteiger partial charge in [-0.15, -0.1) is 0 Å². The molecule has 1 saturated heterocycles. The summed E-state index contributed by atoms with van der Waals surface area (Å²) >= 11 is 0. The average molecular weight is 419 g/mol. The maximum absolute atomic E-state index is 12.7. The van der Waals surface area contributed by atoms with Gasteiger partial charge in [0.1, 0.15) is 12.8 Å². The predicted octanol–water partition coefficient (Wildman–Crippen LogP) is 4.00. The van der Waals surface area contributed by atoms with E-state index < -0.39 is 0 Å². The number of nitrogens with zero attached hydrogens (tertiary/aromatic N) is 3. The van der Waals surface area contributed by atoms with Crippen molar-refractivity contribution in [1.29, 1.82) is 0 Å². The van der Waals surface area contributed by atoms with Crippen molar-refractivity contribution in [1.82, 2.24) is 4.90 Å². The van der Waals surface area contributed by atoms with Crippen molar-refractivity contribution in [3.8, 4) is 11.5 Å². The van der Waals surface area contributed by atoms with Crippen LogP contribution in [0.25, 0.3) is 0 Å². The zero-order valence-electron chi connectivity index (χ0n) is 17.5. The largest absolute Gasteiger partial charge is 0.454 e. The van der Waals surface area contributed by atoms with Crippen molar-refractivity contribution in [3.63, 3.8) is 0 Å². The number of para-hydroxylation sites is 1. The molecule has 0 bridgehead atoms. The highest BCUT2D eigenvalue weighted by molar-refractivity contribution is 5.92. The van der Waals surface area contributed by atoms with Gasteiger partial charge in [-0.25, -0.2) is 4.79 Å². The fourth-order valence-corrected chi connectivity index (χ4v) is 5.05. The smallest absolute Gasteiger partial charge is 0.414 e. The SMILES string of the molecule is Cc1cccc2c1N(C1CCN(C3C=CN3c3ccc4c(c3)OCO4)CC1)C(=O)OC2. The maximum atomic E-state index is 12.7. The van der Waals surface area contributed by atoms with Gasteiger partial charge in [0.25, 0.3) is 0 Å². The molecule has 0 radical (unpaired) electrons. The molecule has 31 heavy (non-hydrogen) atoms. The first kappa shape index (κ1) is 18.6. The van der Waals surface area contributed by atoms with Crippen LogP contribution in [0, 0.1) is 6.92 Å². The quantitative estimate of drug-likeness (QED) is 0.750. The molecule has 1 fully saturated rings. The maximum Gasteiger partial charge on any atom is 0.414 e. The van der Waals surface area contributed by atoms with Crippen LogP contribution in [0.1, 0.15) is 24.0 Å². The Bertz CT molecular complexity index is 1060. The molecule has 0 spiro atoms. The van der Waals surface area contributed by atoms with Gasteiger partial charge >= 0.3 is 6.09 Å². The molecule has 2 aromatic rings. The standard InChI is InChI=1S/C24H25N3O4/c1-16-3-2-4-17-14-29-24(28)27(23(16)17)18-7-10-25(11-8-18)22-9-12-26(22)19-5-6-20-21(13-19)31-15-30-20/h2-6,9,12-13,18,22H,7-8,10-11,14-15H2,1H3. The zero-order chi connectivity index (χ0) is 20.9. The van der Waals surface area contributed by atoms with Gasteiger partial charge in [-0.2, -0.15) is 0 Å². The van der Waals surface area contributed by atoms with Crippen LogP contribution in [0.4, 0.5) is 16.2 Å². The zero-order valence-corrected chi connectivity index (χ0v) is 17.5. The molecule has 4 aliphatic heterocycles. The third-order valence-electron chi connectivity index (χ3n) is 6.71. The number of fused-ring (bicyclic) bond motifs is 2. The molecule has 0 aliphatic carbocycles. The van der Waals surface area contributed by atoms with Crippen molar-refractivity contribution in [2.24, 2.45) is 0 Å². The molecule has 7 nitrogen and oxygen atoms in total. The van der Waals surface area contributed by atoms with E-state index in [0.29, 0.717) is 6.61 Å². The second-order valence-corrected chi connectivity index (χ2v) is 8.47. The number of likely N-dealkylation sites (tertiary alicyclic amines) is 1. The number of rotatable bonds is 3. The predicted molar refractivity (Wildman–Crippen MR) is 116 cm³/mol. The molecule has 1 amide bonds. The van der Waals surface area contributed by atoms with Crippen LogP contribution in [0.5, 0.6) is 11.5 Å². The van der Waals surface area contributed by atoms with E-state index in [9.17, 15) is 4.79 Å². The van der Waals surface area contributed by atoms with Crippen LogP contribution in [0.3, 0.4) is 0 Å². The first-order valence-electron chi connectivity index (χ1n) is 10.8. The number of hydrogen-bond donors (Lipinski definition) is 0. The summed E-state index contributed by atoms with van der Waals surface area (Å²) in [5.41, 5.74) is 4.37. The Morgan fingerprint density at radius 2 is 1.84 bits per heavy atom. The number of cyclic esters (lactones) is 1. The van der Waals surface area contributed by atoms with Crippen LogP contribution in [0.2, 0.25) is 0 Å². The van der Waals surface area contributed by atoms with Crippen molar-refractivity contribution in [2.75, 3.05) is 29.7 Å². The molecule has 2 aromatic carbocycles. The average Bonchev–Trinajstić information content (AvgIpc) is 3.22. The minimum Gasteiger partial charge on any atom is -0.454 e.